The Hall–Kier alpha value is -2.14. The average molecular weight is 330 g/mol. The molecule has 2 aromatic rings. The SMILES string of the molecule is CCc1c(C)sc(NC(=O)[C@@H](CC)c2ccccc2)c1C(N)=O. The molecular weight excluding hydrogens is 308 g/mol. The Balaban J connectivity index is 2.31. The number of rotatable bonds is 6. The summed E-state index contributed by atoms with van der Waals surface area (Å²) in [6, 6.07) is 9.66. The molecule has 0 spiro atoms. The fourth-order valence-electron chi connectivity index (χ4n) is 2.81. The summed E-state index contributed by atoms with van der Waals surface area (Å²) >= 11 is 1.41. The summed E-state index contributed by atoms with van der Waals surface area (Å²) in [5.41, 5.74) is 7.86. The van der Waals surface area contributed by atoms with E-state index in [4.69, 9.17) is 5.73 Å². The van der Waals surface area contributed by atoms with Gasteiger partial charge in [-0.05, 0) is 30.9 Å². The van der Waals surface area contributed by atoms with Crippen molar-refractivity contribution in [3.8, 4) is 0 Å². The molecule has 4 nitrogen and oxygen atoms in total. The summed E-state index contributed by atoms with van der Waals surface area (Å²) in [7, 11) is 0. The minimum atomic E-state index is -0.491. The zero-order valence-corrected chi connectivity index (χ0v) is 14.5. The second-order valence-electron chi connectivity index (χ2n) is 5.42. The van der Waals surface area contributed by atoms with E-state index in [-0.39, 0.29) is 11.8 Å². The third-order valence-electron chi connectivity index (χ3n) is 3.97. The first-order chi connectivity index (χ1) is 11.0. The number of anilines is 1. The fraction of sp³-hybridized carbons (Fsp3) is 0.333. The lowest BCUT2D eigenvalue weighted by Gasteiger charge is -2.15. The summed E-state index contributed by atoms with van der Waals surface area (Å²) in [5, 5.41) is 3.48. The van der Waals surface area contributed by atoms with Gasteiger partial charge in [-0.1, -0.05) is 44.2 Å². The van der Waals surface area contributed by atoms with E-state index in [1.807, 2.05) is 51.1 Å². The summed E-state index contributed by atoms with van der Waals surface area (Å²) in [5.74, 6) is -0.844. The van der Waals surface area contributed by atoms with E-state index in [0.29, 0.717) is 23.4 Å². The molecule has 0 aliphatic rings. The molecule has 5 heteroatoms. The number of primary amides is 1. The van der Waals surface area contributed by atoms with E-state index in [9.17, 15) is 9.59 Å². The molecule has 0 radical (unpaired) electrons. The molecule has 1 heterocycles. The van der Waals surface area contributed by atoms with Gasteiger partial charge in [-0.3, -0.25) is 9.59 Å². The van der Waals surface area contributed by atoms with E-state index in [1.54, 1.807) is 0 Å². The second-order valence-corrected chi connectivity index (χ2v) is 6.64. The number of carbonyl (C=O) groups excluding carboxylic acids is 2. The molecule has 2 rings (SSSR count). The van der Waals surface area contributed by atoms with E-state index < -0.39 is 5.91 Å². The van der Waals surface area contributed by atoms with Crippen molar-refractivity contribution in [3.63, 3.8) is 0 Å². The third-order valence-corrected chi connectivity index (χ3v) is 5.04. The Morgan fingerprint density at radius 1 is 1.22 bits per heavy atom. The number of amides is 2. The number of carbonyl (C=O) groups is 2. The number of aryl methyl sites for hydroxylation is 1. The van der Waals surface area contributed by atoms with Gasteiger partial charge < -0.3 is 11.1 Å². The highest BCUT2D eigenvalue weighted by Crippen LogP contribution is 2.34. The van der Waals surface area contributed by atoms with Gasteiger partial charge in [0.1, 0.15) is 5.00 Å². The highest BCUT2D eigenvalue weighted by molar-refractivity contribution is 7.16. The zero-order valence-electron chi connectivity index (χ0n) is 13.7. The Bertz CT molecular complexity index is 707. The van der Waals surface area contributed by atoms with Crippen LogP contribution in [0.4, 0.5) is 5.00 Å². The van der Waals surface area contributed by atoms with Gasteiger partial charge in [-0.25, -0.2) is 0 Å². The molecule has 0 saturated carbocycles. The molecule has 0 fully saturated rings. The summed E-state index contributed by atoms with van der Waals surface area (Å²) in [6.45, 7) is 5.90. The van der Waals surface area contributed by atoms with Crippen LogP contribution in [0.5, 0.6) is 0 Å². The van der Waals surface area contributed by atoms with Crippen LogP contribution in [0.25, 0.3) is 0 Å². The number of thiophene rings is 1. The standard InChI is InChI=1S/C18H22N2O2S/c1-4-13-11(3)23-18(15(13)16(19)21)20-17(22)14(5-2)12-9-7-6-8-10-12/h6-10,14H,4-5H2,1-3H3,(H2,19,21)(H,20,22)/t14-/m0/s1. The second kappa shape index (κ2) is 7.42. The minimum Gasteiger partial charge on any atom is -0.365 e. The van der Waals surface area contributed by atoms with Crippen LogP contribution in [0.2, 0.25) is 0 Å². The normalized spacial score (nSPS) is 12.0. The van der Waals surface area contributed by atoms with Crippen LogP contribution in [-0.2, 0) is 11.2 Å². The number of benzene rings is 1. The van der Waals surface area contributed by atoms with Crippen molar-refractivity contribution in [2.24, 2.45) is 5.73 Å². The van der Waals surface area contributed by atoms with Crippen molar-refractivity contribution < 1.29 is 9.59 Å². The molecule has 3 N–H and O–H groups in total. The van der Waals surface area contributed by atoms with Gasteiger partial charge >= 0.3 is 0 Å². The van der Waals surface area contributed by atoms with Crippen LogP contribution >= 0.6 is 11.3 Å². The van der Waals surface area contributed by atoms with Crippen molar-refractivity contribution in [2.45, 2.75) is 39.5 Å². The first-order valence-corrected chi connectivity index (χ1v) is 8.59. The van der Waals surface area contributed by atoms with E-state index in [2.05, 4.69) is 5.32 Å². The minimum absolute atomic E-state index is 0.106. The van der Waals surface area contributed by atoms with Crippen molar-refractivity contribution >= 4 is 28.2 Å². The molecule has 1 aromatic heterocycles. The molecule has 1 aromatic carbocycles. The van der Waals surface area contributed by atoms with Crippen LogP contribution in [0.15, 0.2) is 30.3 Å². The highest BCUT2D eigenvalue weighted by atomic mass is 32.1. The van der Waals surface area contributed by atoms with Crippen molar-refractivity contribution in [1.82, 2.24) is 0 Å². The van der Waals surface area contributed by atoms with Gasteiger partial charge in [0.15, 0.2) is 0 Å². The molecule has 0 unspecified atom stereocenters. The maximum Gasteiger partial charge on any atom is 0.251 e. The predicted molar refractivity (Wildman–Crippen MR) is 95.1 cm³/mol. The number of hydrogen-bond donors (Lipinski definition) is 2. The Kier molecular flexibility index (Phi) is 5.55. The monoisotopic (exact) mass is 330 g/mol. The van der Waals surface area contributed by atoms with E-state index >= 15 is 0 Å². The average Bonchev–Trinajstić information content (AvgIpc) is 2.84. The van der Waals surface area contributed by atoms with Gasteiger partial charge in [0.2, 0.25) is 5.91 Å². The van der Waals surface area contributed by atoms with Crippen LogP contribution in [-0.4, -0.2) is 11.8 Å². The molecular formula is C18H22N2O2S. The molecule has 1 atom stereocenters. The fourth-order valence-corrected chi connectivity index (χ4v) is 3.96. The predicted octanol–water partition coefficient (Wildman–Crippen LogP) is 3.85. The lowest BCUT2D eigenvalue weighted by atomic mass is 9.95. The van der Waals surface area contributed by atoms with Gasteiger partial charge in [0, 0.05) is 4.88 Å². The molecule has 2 amide bonds. The first-order valence-electron chi connectivity index (χ1n) is 7.77. The lowest BCUT2D eigenvalue weighted by Crippen LogP contribution is -2.22. The van der Waals surface area contributed by atoms with Crippen molar-refractivity contribution in [3.05, 3.63) is 51.9 Å². The Labute approximate surface area is 140 Å². The first kappa shape index (κ1) is 17.2. The summed E-state index contributed by atoms with van der Waals surface area (Å²) in [6.07, 6.45) is 1.40. The Morgan fingerprint density at radius 3 is 2.39 bits per heavy atom. The van der Waals surface area contributed by atoms with E-state index in [1.165, 1.54) is 11.3 Å². The maximum absolute atomic E-state index is 12.7. The van der Waals surface area contributed by atoms with Crippen molar-refractivity contribution in [2.75, 3.05) is 5.32 Å². The third kappa shape index (κ3) is 3.62. The van der Waals surface area contributed by atoms with Gasteiger partial charge in [-0.15, -0.1) is 11.3 Å². The van der Waals surface area contributed by atoms with Crippen LogP contribution in [0.3, 0.4) is 0 Å². The van der Waals surface area contributed by atoms with Crippen LogP contribution < -0.4 is 11.1 Å². The molecule has 0 bridgehead atoms. The van der Waals surface area contributed by atoms with Gasteiger partial charge in [0.25, 0.3) is 5.91 Å². The zero-order chi connectivity index (χ0) is 17.0. The molecule has 122 valence electrons. The lowest BCUT2D eigenvalue weighted by molar-refractivity contribution is -0.117. The number of nitrogens with one attached hydrogen (secondary N) is 1. The smallest absolute Gasteiger partial charge is 0.251 e. The summed E-state index contributed by atoms with van der Waals surface area (Å²) < 4.78 is 0. The van der Waals surface area contributed by atoms with E-state index in [0.717, 1.165) is 16.0 Å². The molecule has 0 saturated heterocycles. The maximum atomic E-state index is 12.7. The largest absolute Gasteiger partial charge is 0.365 e. The van der Waals surface area contributed by atoms with Crippen LogP contribution in [0.1, 0.15) is 52.5 Å². The van der Waals surface area contributed by atoms with Gasteiger partial charge in [-0.2, -0.15) is 0 Å². The quantitative estimate of drug-likeness (QED) is 0.844. The number of nitrogens with two attached hydrogens (primary N) is 1. The van der Waals surface area contributed by atoms with Crippen molar-refractivity contribution in [1.29, 1.82) is 0 Å². The van der Waals surface area contributed by atoms with Gasteiger partial charge in [0.05, 0.1) is 11.5 Å². The molecule has 23 heavy (non-hydrogen) atoms. The number of hydrogen-bond acceptors (Lipinski definition) is 3. The molecule has 0 aliphatic heterocycles. The topological polar surface area (TPSA) is 72.2 Å². The highest BCUT2D eigenvalue weighted by Gasteiger charge is 2.24. The Morgan fingerprint density at radius 2 is 1.87 bits per heavy atom. The summed E-state index contributed by atoms with van der Waals surface area (Å²) in [4.78, 5) is 25.5. The molecule has 0 aliphatic carbocycles. The van der Waals surface area contributed by atoms with Crippen LogP contribution in [0, 0.1) is 6.92 Å².